The highest BCUT2D eigenvalue weighted by molar-refractivity contribution is 7.81. The Balaban J connectivity index is 2.39. The molecule has 0 saturated heterocycles. The lowest BCUT2D eigenvalue weighted by atomic mass is 10.1. The fraction of sp³-hybridized carbons (Fsp3) is 0.222. The van der Waals surface area contributed by atoms with Gasteiger partial charge in [-0.3, -0.25) is 0 Å². The van der Waals surface area contributed by atoms with Crippen molar-refractivity contribution in [2.75, 3.05) is 28.4 Å². The van der Waals surface area contributed by atoms with E-state index in [1.165, 1.54) is 40.6 Å². The van der Waals surface area contributed by atoms with Gasteiger partial charge < -0.3 is 23.1 Å². The number of benzene rings is 2. The van der Waals surface area contributed by atoms with Gasteiger partial charge in [0.25, 0.3) is 0 Å². The lowest BCUT2D eigenvalue weighted by Crippen LogP contribution is -2.03. The van der Waals surface area contributed by atoms with Crippen molar-refractivity contribution >= 4 is 22.7 Å². The van der Waals surface area contributed by atoms with E-state index in [-0.39, 0.29) is 11.5 Å². The summed E-state index contributed by atoms with van der Waals surface area (Å²) in [5, 5.41) is 0. The lowest BCUT2D eigenvalue weighted by molar-refractivity contribution is 0.324. The maximum Gasteiger partial charge on any atom is 0.488 e. The fourth-order valence-corrected chi connectivity index (χ4v) is 2.70. The number of methoxy groups -OCH3 is 4. The summed E-state index contributed by atoms with van der Waals surface area (Å²) in [4.78, 5) is 0. The summed E-state index contributed by atoms with van der Waals surface area (Å²) in [6.07, 6.45) is 3.41. The first-order valence-corrected chi connectivity index (χ1v) is 8.92. The Morgan fingerprint density at radius 2 is 1.26 bits per heavy atom. The number of hydrogen-bond acceptors (Lipinski definition) is 7. The standard InChI is InChI=1S/C18H19FO7S/c1-22-14-8-7-12(9-15(14)26-27(19,20)21)5-6-13-10-16(23-2)18(25-4)17(11-13)24-3/h5-11H,1-4H3/b6-5-. The maximum atomic E-state index is 12.8. The second-order valence-electron chi connectivity index (χ2n) is 5.18. The van der Waals surface area contributed by atoms with Crippen LogP contribution >= 0.6 is 0 Å². The van der Waals surface area contributed by atoms with Crippen LogP contribution in [0.15, 0.2) is 30.3 Å². The Morgan fingerprint density at radius 3 is 1.74 bits per heavy atom. The summed E-state index contributed by atoms with van der Waals surface area (Å²) >= 11 is 0. The zero-order chi connectivity index (χ0) is 20.0. The Morgan fingerprint density at radius 1 is 0.741 bits per heavy atom. The van der Waals surface area contributed by atoms with E-state index >= 15 is 0 Å². The molecule has 0 unspecified atom stereocenters. The SMILES string of the molecule is COc1ccc(/C=C\c2cc(OC)c(OC)c(OC)c2)cc1OS(=O)(=O)F. The van der Waals surface area contributed by atoms with Crippen LogP contribution in [0, 0.1) is 0 Å². The molecule has 0 bridgehead atoms. The summed E-state index contributed by atoms with van der Waals surface area (Å²) in [5.74, 6) is 1.26. The zero-order valence-corrected chi connectivity index (χ0v) is 16.0. The lowest BCUT2D eigenvalue weighted by Gasteiger charge is -2.13. The zero-order valence-electron chi connectivity index (χ0n) is 15.2. The van der Waals surface area contributed by atoms with Crippen molar-refractivity contribution in [1.82, 2.24) is 0 Å². The molecule has 7 nitrogen and oxygen atoms in total. The summed E-state index contributed by atoms with van der Waals surface area (Å²) in [7, 11) is 0.674. The average Bonchev–Trinajstić information content (AvgIpc) is 2.64. The molecule has 0 atom stereocenters. The van der Waals surface area contributed by atoms with Gasteiger partial charge in [-0.25, -0.2) is 0 Å². The summed E-state index contributed by atoms with van der Waals surface area (Å²) in [6, 6.07) is 7.94. The second kappa shape index (κ2) is 8.63. The Hall–Kier alpha value is -2.94. The van der Waals surface area contributed by atoms with E-state index in [0.717, 1.165) is 5.56 Å². The predicted molar refractivity (Wildman–Crippen MR) is 98.7 cm³/mol. The highest BCUT2D eigenvalue weighted by Crippen LogP contribution is 2.38. The first kappa shape index (κ1) is 20.4. The van der Waals surface area contributed by atoms with Crippen molar-refractivity contribution in [3.63, 3.8) is 0 Å². The molecule has 0 saturated carbocycles. The minimum atomic E-state index is -5.17. The molecule has 9 heteroatoms. The van der Waals surface area contributed by atoms with Crippen LogP contribution in [-0.4, -0.2) is 36.9 Å². The van der Waals surface area contributed by atoms with Crippen LogP contribution in [0.3, 0.4) is 0 Å². The van der Waals surface area contributed by atoms with Gasteiger partial charge in [0, 0.05) is 0 Å². The van der Waals surface area contributed by atoms with Gasteiger partial charge in [0.15, 0.2) is 23.0 Å². The number of rotatable bonds is 8. The number of halogens is 1. The molecule has 0 aliphatic rings. The molecule has 146 valence electrons. The van der Waals surface area contributed by atoms with Crippen molar-refractivity contribution in [1.29, 1.82) is 0 Å². The van der Waals surface area contributed by atoms with Gasteiger partial charge in [-0.05, 0) is 35.4 Å². The third kappa shape index (κ3) is 5.27. The van der Waals surface area contributed by atoms with E-state index in [2.05, 4.69) is 4.18 Å². The monoisotopic (exact) mass is 398 g/mol. The van der Waals surface area contributed by atoms with Crippen LogP contribution in [-0.2, 0) is 10.5 Å². The molecule has 0 heterocycles. The van der Waals surface area contributed by atoms with Gasteiger partial charge in [-0.15, -0.1) is 0 Å². The molecule has 2 aromatic rings. The highest BCUT2D eigenvalue weighted by atomic mass is 32.3. The van der Waals surface area contributed by atoms with E-state index in [0.29, 0.717) is 22.8 Å². The van der Waals surface area contributed by atoms with Crippen LogP contribution in [0.4, 0.5) is 3.89 Å². The van der Waals surface area contributed by atoms with Gasteiger partial charge >= 0.3 is 10.5 Å². The van der Waals surface area contributed by atoms with Crippen molar-refractivity contribution in [3.8, 4) is 28.7 Å². The molecule has 0 N–H and O–H groups in total. The number of hydrogen-bond donors (Lipinski definition) is 0. The number of ether oxygens (including phenoxy) is 4. The van der Waals surface area contributed by atoms with Gasteiger partial charge in [0.05, 0.1) is 28.4 Å². The van der Waals surface area contributed by atoms with E-state index in [9.17, 15) is 12.3 Å². The van der Waals surface area contributed by atoms with Crippen molar-refractivity contribution in [2.45, 2.75) is 0 Å². The normalized spacial score (nSPS) is 11.3. The Labute approximate surface area is 157 Å². The molecular formula is C18H19FO7S. The molecule has 2 aromatic carbocycles. The van der Waals surface area contributed by atoms with E-state index in [4.69, 9.17) is 18.9 Å². The second-order valence-corrected chi connectivity index (χ2v) is 6.13. The third-order valence-electron chi connectivity index (χ3n) is 3.53. The maximum absolute atomic E-state index is 12.8. The van der Waals surface area contributed by atoms with Gasteiger partial charge in [-0.1, -0.05) is 22.1 Å². The molecular weight excluding hydrogens is 379 g/mol. The van der Waals surface area contributed by atoms with E-state index in [1.807, 2.05) is 0 Å². The first-order valence-electron chi connectivity index (χ1n) is 7.61. The fourth-order valence-electron chi connectivity index (χ4n) is 2.36. The highest BCUT2D eigenvalue weighted by Gasteiger charge is 2.15. The van der Waals surface area contributed by atoms with Gasteiger partial charge in [0.1, 0.15) is 0 Å². The summed E-state index contributed by atoms with van der Waals surface area (Å²) in [5.41, 5.74) is 1.30. The average molecular weight is 398 g/mol. The van der Waals surface area contributed by atoms with Crippen LogP contribution < -0.4 is 23.1 Å². The largest absolute Gasteiger partial charge is 0.493 e. The minimum absolute atomic E-state index is 0.0844. The van der Waals surface area contributed by atoms with Crippen molar-refractivity contribution in [2.24, 2.45) is 0 Å². The minimum Gasteiger partial charge on any atom is -0.493 e. The molecule has 0 spiro atoms. The van der Waals surface area contributed by atoms with Gasteiger partial charge in [0.2, 0.25) is 5.75 Å². The van der Waals surface area contributed by atoms with Crippen molar-refractivity contribution < 1.29 is 35.4 Å². The van der Waals surface area contributed by atoms with Crippen LogP contribution in [0.1, 0.15) is 11.1 Å². The first-order chi connectivity index (χ1) is 12.8. The van der Waals surface area contributed by atoms with E-state index in [1.54, 1.807) is 30.4 Å². The molecule has 0 aliphatic heterocycles. The van der Waals surface area contributed by atoms with E-state index < -0.39 is 10.5 Å². The Bertz CT molecular complexity index is 914. The molecule has 0 radical (unpaired) electrons. The quantitative estimate of drug-likeness (QED) is 0.497. The third-order valence-corrected chi connectivity index (χ3v) is 3.91. The molecule has 2 rings (SSSR count). The van der Waals surface area contributed by atoms with Crippen LogP contribution in [0.25, 0.3) is 12.2 Å². The van der Waals surface area contributed by atoms with Crippen LogP contribution in [0.2, 0.25) is 0 Å². The molecule has 27 heavy (non-hydrogen) atoms. The van der Waals surface area contributed by atoms with Crippen LogP contribution in [0.5, 0.6) is 28.7 Å². The van der Waals surface area contributed by atoms with Gasteiger partial charge in [-0.2, -0.15) is 8.42 Å². The predicted octanol–water partition coefficient (Wildman–Crippen LogP) is 3.48. The molecule has 0 aromatic heterocycles. The van der Waals surface area contributed by atoms with Crippen molar-refractivity contribution in [3.05, 3.63) is 41.5 Å². The smallest absolute Gasteiger partial charge is 0.488 e. The molecule has 0 aliphatic carbocycles. The summed E-state index contributed by atoms with van der Waals surface area (Å²) < 4.78 is 59.5. The molecule has 0 amide bonds. The topological polar surface area (TPSA) is 80.3 Å². The molecule has 0 fully saturated rings. The summed E-state index contributed by atoms with van der Waals surface area (Å²) in [6.45, 7) is 0. The Kier molecular flexibility index (Phi) is 6.51.